The summed E-state index contributed by atoms with van der Waals surface area (Å²) in [5.41, 5.74) is 11.2. The summed E-state index contributed by atoms with van der Waals surface area (Å²) in [7, 11) is 0. The van der Waals surface area contributed by atoms with E-state index >= 15 is 0 Å². The van der Waals surface area contributed by atoms with Crippen LogP contribution in [0.4, 0.5) is 0 Å². The van der Waals surface area contributed by atoms with Gasteiger partial charge in [0, 0.05) is 41.6 Å². The third kappa shape index (κ3) is 3.07. The number of rotatable bonds is 3. The van der Waals surface area contributed by atoms with Crippen LogP contribution >= 0.6 is 22.6 Å². The summed E-state index contributed by atoms with van der Waals surface area (Å²) in [4.78, 5) is 3.82. The van der Waals surface area contributed by atoms with E-state index in [0.29, 0.717) is 13.0 Å². The molecule has 0 saturated heterocycles. The molecule has 0 fully saturated rings. The molecule has 0 aliphatic carbocycles. The molecule has 0 amide bonds. The van der Waals surface area contributed by atoms with Crippen LogP contribution in [0.3, 0.4) is 0 Å². The number of nitrogens with zero attached hydrogens (tertiary/aromatic N) is 2. The number of halogens is 1. The van der Waals surface area contributed by atoms with E-state index in [0.717, 1.165) is 9.46 Å². The van der Waals surface area contributed by atoms with Crippen LogP contribution in [0, 0.1) is 3.77 Å². The normalized spacial score (nSPS) is 9.75. The molecule has 0 aliphatic rings. The molecular weight excluding hydrogens is 271 g/mol. The Morgan fingerprint density at radius 3 is 2.92 bits per heavy atom. The third-order valence-electron chi connectivity index (χ3n) is 1.19. The van der Waals surface area contributed by atoms with Gasteiger partial charge in [0.1, 0.15) is 0 Å². The van der Waals surface area contributed by atoms with Gasteiger partial charge in [-0.3, -0.25) is 4.99 Å². The van der Waals surface area contributed by atoms with E-state index in [-0.39, 0.29) is 5.96 Å². The van der Waals surface area contributed by atoms with Gasteiger partial charge >= 0.3 is 0 Å². The van der Waals surface area contributed by atoms with Crippen LogP contribution in [0.25, 0.3) is 0 Å². The number of guanidine groups is 1. The quantitative estimate of drug-likeness (QED) is 0.466. The lowest BCUT2D eigenvalue weighted by molar-refractivity contribution is 0.391. The average Bonchev–Trinajstić information content (AvgIpc) is 2.35. The minimum atomic E-state index is 0.105. The summed E-state index contributed by atoms with van der Waals surface area (Å²) in [6.45, 7) is 0.547. The molecule has 1 rings (SSSR count). The molecule has 0 saturated carbocycles. The predicted molar refractivity (Wildman–Crippen MR) is 53.6 cm³/mol. The van der Waals surface area contributed by atoms with Crippen molar-refractivity contribution in [2.45, 2.75) is 6.42 Å². The lowest BCUT2D eigenvalue weighted by Crippen LogP contribution is -2.23. The predicted octanol–water partition coefficient (Wildman–Crippen LogP) is 0.0951. The highest BCUT2D eigenvalue weighted by molar-refractivity contribution is 14.1. The third-order valence-corrected chi connectivity index (χ3v) is 1.70. The molecule has 0 atom stereocenters. The van der Waals surface area contributed by atoms with Gasteiger partial charge in [0.05, 0.1) is 5.69 Å². The highest BCUT2D eigenvalue weighted by atomic mass is 127. The molecule has 0 aromatic carbocycles. The summed E-state index contributed by atoms with van der Waals surface area (Å²) in [5.74, 6) is 0.105. The highest BCUT2D eigenvalue weighted by Crippen LogP contribution is 2.06. The maximum Gasteiger partial charge on any atom is 0.196 e. The van der Waals surface area contributed by atoms with Crippen LogP contribution in [-0.2, 0) is 6.42 Å². The van der Waals surface area contributed by atoms with Gasteiger partial charge < -0.3 is 16.0 Å². The van der Waals surface area contributed by atoms with Crippen LogP contribution in [-0.4, -0.2) is 17.7 Å². The van der Waals surface area contributed by atoms with Gasteiger partial charge in [-0.25, -0.2) is 0 Å². The lowest BCUT2D eigenvalue weighted by Gasteiger charge is -1.90. The zero-order valence-corrected chi connectivity index (χ0v) is 8.48. The van der Waals surface area contributed by atoms with E-state index in [4.69, 9.17) is 16.0 Å². The number of aliphatic imine (C=N–C) groups is 1. The molecular formula is C6H9IN4O. The van der Waals surface area contributed by atoms with Crippen LogP contribution in [0.2, 0.25) is 0 Å². The Morgan fingerprint density at radius 1 is 1.67 bits per heavy atom. The second-order valence-electron chi connectivity index (χ2n) is 2.18. The second-order valence-corrected chi connectivity index (χ2v) is 3.24. The Kier molecular flexibility index (Phi) is 3.32. The highest BCUT2D eigenvalue weighted by Gasteiger charge is 1.99. The average molecular weight is 280 g/mol. The smallest absolute Gasteiger partial charge is 0.196 e. The molecule has 0 unspecified atom stereocenters. The summed E-state index contributed by atoms with van der Waals surface area (Å²) in [6, 6.07) is 1.85. The van der Waals surface area contributed by atoms with Crippen molar-refractivity contribution in [3.8, 4) is 0 Å². The fourth-order valence-corrected chi connectivity index (χ4v) is 1.16. The molecule has 4 N–H and O–H groups in total. The lowest BCUT2D eigenvalue weighted by atomic mass is 10.3. The molecule has 0 bridgehead atoms. The summed E-state index contributed by atoms with van der Waals surface area (Å²) >= 11 is 2.05. The van der Waals surface area contributed by atoms with Gasteiger partial charge in [-0.2, -0.15) is 0 Å². The standard InChI is InChI=1S/C6H9IN4O/c7-5-3-4(11-12-5)1-2-10-6(8)9/h3H,1-2H2,(H4,8,9,10). The van der Waals surface area contributed by atoms with E-state index < -0.39 is 0 Å². The maximum absolute atomic E-state index is 5.14. The molecule has 1 aromatic heterocycles. The SMILES string of the molecule is NC(N)=NCCc1cc(I)on1. The maximum atomic E-state index is 5.14. The van der Waals surface area contributed by atoms with Gasteiger partial charge in [-0.05, 0) is 0 Å². The van der Waals surface area contributed by atoms with Crippen molar-refractivity contribution in [1.82, 2.24) is 5.16 Å². The van der Waals surface area contributed by atoms with E-state index in [1.807, 2.05) is 6.07 Å². The molecule has 0 aliphatic heterocycles. The minimum Gasteiger partial charge on any atom is -0.370 e. The first-order valence-corrected chi connectivity index (χ1v) is 4.43. The van der Waals surface area contributed by atoms with Gasteiger partial charge in [-0.1, -0.05) is 5.16 Å². The summed E-state index contributed by atoms with van der Waals surface area (Å²) < 4.78 is 5.62. The largest absolute Gasteiger partial charge is 0.370 e. The molecule has 12 heavy (non-hydrogen) atoms. The number of hydrogen-bond acceptors (Lipinski definition) is 3. The Hall–Kier alpha value is -0.790. The van der Waals surface area contributed by atoms with Crippen molar-refractivity contribution in [3.05, 3.63) is 15.5 Å². The van der Waals surface area contributed by atoms with Gasteiger partial charge in [-0.15, -0.1) is 0 Å². The molecule has 1 heterocycles. The number of hydrogen-bond donors (Lipinski definition) is 2. The van der Waals surface area contributed by atoms with Crippen molar-refractivity contribution in [2.75, 3.05) is 6.54 Å². The Morgan fingerprint density at radius 2 is 2.42 bits per heavy atom. The van der Waals surface area contributed by atoms with E-state index in [1.54, 1.807) is 0 Å². The van der Waals surface area contributed by atoms with Crippen molar-refractivity contribution in [1.29, 1.82) is 0 Å². The Bertz CT molecular complexity index is 279. The van der Waals surface area contributed by atoms with Crippen LogP contribution < -0.4 is 11.5 Å². The van der Waals surface area contributed by atoms with Crippen molar-refractivity contribution < 1.29 is 4.52 Å². The first kappa shape index (κ1) is 9.30. The Balaban J connectivity index is 2.38. The van der Waals surface area contributed by atoms with Gasteiger partial charge in [0.2, 0.25) is 0 Å². The fourth-order valence-electron chi connectivity index (χ4n) is 0.703. The Labute approximate surface area is 83.3 Å². The fraction of sp³-hybridized carbons (Fsp3) is 0.333. The first-order chi connectivity index (χ1) is 5.68. The van der Waals surface area contributed by atoms with E-state index in [9.17, 15) is 0 Å². The van der Waals surface area contributed by atoms with Gasteiger partial charge in [0.15, 0.2) is 9.73 Å². The molecule has 66 valence electrons. The number of nitrogens with two attached hydrogens (primary N) is 2. The van der Waals surface area contributed by atoms with Crippen LogP contribution in [0.1, 0.15) is 5.69 Å². The van der Waals surface area contributed by atoms with Crippen molar-refractivity contribution in [3.63, 3.8) is 0 Å². The second kappa shape index (κ2) is 4.29. The molecule has 0 spiro atoms. The van der Waals surface area contributed by atoms with Crippen LogP contribution in [0.15, 0.2) is 15.6 Å². The summed E-state index contributed by atoms with van der Waals surface area (Å²) in [5, 5.41) is 3.78. The van der Waals surface area contributed by atoms with E-state index in [1.165, 1.54) is 0 Å². The minimum absolute atomic E-state index is 0.105. The topological polar surface area (TPSA) is 90.4 Å². The van der Waals surface area contributed by atoms with Gasteiger partial charge in [0.25, 0.3) is 0 Å². The monoisotopic (exact) mass is 280 g/mol. The summed E-state index contributed by atoms with van der Waals surface area (Å²) in [6.07, 6.45) is 0.699. The molecule has 0 radical (unpaired) electrons. The first-order valence-electron chi connectivity index (χ1n) is 3.35. The number of aromatic nitrogens is 1. The van der Waals surface area contributed by atoms with Crippen LogP contribution in [0.5, 0.6) is 0 Å². The zero-order valence-electron chi connectivity index (χ0n) is 6.33. The zero-order chi connectivity index (χ0) is 8.97. The molecule has 5 nitrogen and oxygen atoms in total. The van der Waals surface area contributed by atoms with E-state index in [2.05, 4.69) is 32.7 Å². The van der Waals surface area contributed by atoms with Crippen molar-refractivity contribution in [2.24, 2.45) is 16.5 Å². The van der Waals surface area contributed by atoms with Crippen molar-refractivity contribution >= 4 is 28.6 Å². The molecule has 1 aromatic rings. The molecule has 6 heteroatoms.